The number of carbonyl (C=O) groups is 5. The molecule has 284 valence electrons. The molecule has 1 aliphatic rings. The lowest BCUT2D eigenvalue weighted by Crippen LogP contribution is -2.57. The van der Waals surface area contributed by atoms with E-state index in [2.05, 4.69) is 31.6 Å². The topological polar surface area (TPSA) is 197 Å². The third kappa shape index (κ3) is 15.3. The summed E-state index contributed by atoms with van der Waals surface area (Å²) in [6.45, 7) is 17.8. The molecule has 1 saturated heterocycles. The molecule has 0 aromatic carbocycles. The van der Waals surface area contributed by atoms with E-state index in [9.17, 15) is 29.1 Å². The molecular formula is C35H60N6O8S. The maximum Gasteiger partial charge on any atom is 0.407 e. The molecule has 0 spiro atoms. The third-order valence-corrected chi connectivity index (χ3v) is 9.32. The van der Waals surface area contributed by atoms with E-state index in [1.807, 2.05) is 53.8 Å². The number of hydrogen-bond acceptors (Lipinski definition) is 10. The van der Waals surface area contributed by atoms with Crippen molar-refractivity contribution in [3.8, 4) is 0 Å². The number of carbonyl (C=O) groups excluding carboxylic acids is 5. The summed E-state index contributed by atoms with van der Waals surface area (Å²) < 4.78 is 10.6. The van der Waals surface area contributed by atoms with Crippen molar-refractivity contribution < 1.29 is 38.6 Å². The van der Waals surface area contributed by atoms with Crippen LogP contribution in [0.1, 0.15) is 85.4 Å². The molecule has 2 rings (SSSR count). The average Bonchev–Trinajstić information content (AvgIpc) is 3.70. The van der Waals surface area contributed by atoms with E-state index in [1.54, 1.807) is 13.8 Å². The van der Waals surface area contributed by atoms with Gasteiger partial charge < -0.3 is 41.2 Å². The molecule has 1 fully saturated rings. The Morgan fingerprint density at radius 2 is 1.56 bits per heavy atom. The second-order valence-corrected chi connectivity index (χ2v) is 15.6. The number of alkyl carbamates (subject to hydrolysis) is 1. The van der Waals surface area contributed by atoms with Crippen molar-refractivity contribution in [2.24, 2.45) is 29.6 Å². The zero-order valence-corrected chi connectivity index (χ0v) is 32.0. The number of nitrogens with zero attached hydrogens (tertiary/aromatic N) is 1. The molecule has 0 unspecified atom stereocenters. The van der Waals surface area contributed by atoms with Crippen molar-refractivity contribution in [1.29, 1.82) is 0 Å². The molecule has 0 bridgehead atoms. The van der Waals surface area contributed by atoms with Gasteiger partial charge in [0.05, 0.1) is 36.9 Å². The van der Waals surface area contributed by atoms with Gasteiger partial charge in [0, 0.05) is 42.3 Å². The quantitative estimate of drug-likeness (QED) is 0.117. The molecule has 7 atom stereocenters. The first-order valence-electron chi connectivity index (χ1n) is 17.8. The number of amides is 5. The van der Waals surface area contributed by atoms with Gasteiger partial charge >= 0.3 is 6.09 Å². The van der Waals surface area contributed by atoms with Gasteiger partial charge in [0.2, 0.25) is 23.6 Å². The molecule has 14 nitrogen and oxygen atoms in total. The molecule has 5 amide bonds. The minimum Gasteiger partial charge on any atom is -0.444 e. The van der Waals surface area contributed by atoms with Crippen LogP contribution in [0.15, 0.2) is 5.38 Å². The summed E-state index contributed by atoms with van der Waals surface area (Å²) in [4.78, 5) is 70.0. The van der Waals surface area contributed by atoms with Crippen LogP contribution in [0, 0.1) is 36.5 Å². The molecule has 1 aromatic heterocycles. The molecule has 1 aliphatic heterocycles. The summed E-state index contributed by atoms with van der Waals surface area (Å²) in [5, 5.41) is 27.9. The molecule has 2 heterocycles. The van der Waals surface area contributed by atoms with Crippen molar-refractivity contribution in [1.82, 2.24) is 31.6 Å². The molecule has 0 saturated carbocycles. The van der Waals surface area contributed by atoms with Crippen molar-refractivity contribution in [2.75, 3.05) is 26.3 Å². The Morgan fingerprint density at radius 3 is 2.12 bits per heavy atom. The van der Waals surface area contributed by atoms with Crippen molar-refractivity contribution in [2.45, 2.75) is 118 Å². The summed E-state index contributed by atoms with van der Waals surface area (Å²) >= 11 is 1.45. The first-order chi connectivity index (χ1) is 23.5. The lowest BCUT2D eigenvalue weighted by Gasteiger charge is -2.30. The van der Waals surface area contributed by atoms with Gasteiger partial charge in [-0.2, -0.15) is 0 Å². The van der Waals surface area contributed by atoms with Crippen molar-refractivity contribution in [3.63, 3.8) is 0 Å². The van der Waals surface area contributed by atoms with E-state index in [-0.39, 0.29) is 49.1 Å². The van der Waals surface area contributed by atoms with E-state index in [0.29, 0.717) is 32.4 Å². The average molecular weight is 725 g/mol. The van der Waals surface area contributed by atoms with Crippen LogP contribution in [0.2, 0.25) is 0 Å². The van der Waals surface area contributed by atoms with Crippen LogP contribution < -0.4 is 26.6 Å². The minimum absolute atomic E-state index is 0.0112. The Bertz CT molecular complexity index is 1250. The minimum atomic E-state index is -1.19. The second-order valence-electron chi connectivity index (χ2n) is 14.6. The maximum atomic E-state index is 13.8. The lowest BCUT2D eigenvalue weighted by molar-refractivity contribution is -0.133. The summed E-state index contributed by atoms with van der Waals surface area (Å²) in [6.07, 6.45) is -0.929. The number of aliphatic hydroxyl groups is 1. The third-order valence-electron chi connectivity index (χ3n) is 8.33. The monoisotopic (exact) mass is 724 g/mol. The number of rotatable bonds is 20. The van der Waals surface area contributed by atoms with Crippen LogP contribution >= 0.6 is 11.3 Å². The molecule has 50 heavy (non-hydrogen) atoms. The van der Waals surface area contributed by atoms with Gasteiger partial charge in [-0.05, 0) is 37.5 Å². The van der Waals surface area contributed by atoms with E-state index < -0.39 is 60.1 Å². The number of ether oxygens (including phenoxy) is 2. The Balaban J connectivity index is 2.13. The van der Waals surface area contributed by atoms with Crippen LogP contribution in [0.4, 0.5) is 4.79 Å². The largest absolute Gasteiger partial charge is 0.444 e. The fraction of sp³-hybridized carbons (Fsp3) is 0.771. The zero-order chi connectivity index (χ0) is 37.5. The number of aryl methyl sites for hydroxylation is 1. The summed E-state index contributed by atoms with van der Waals surface area (Å²) in [5.74, 6) is -2.70. The molecule has 15 heteroatoms. The van der Waals surface area contributed by atoms with Gasteiger partial charge in [-0.3, -0.25) is 19.2 Å². The van der Waals surface area contributed by atoms with Crippen LogP contribution in [0.25, 0.3) is 0 Å². The van der Waals surface area contributed by atoms with E-state index in [1.165, 1.54) is 11.3 Å². The van der Waals surface area contributed by atoms with Crippen molar-refractivity contribution >= 4 is 41.1 Å². The number of aromatic nitrogens is 1. The highest BCUT2D eigenvalue weighted by Gasteiger charge is 2.33. The highest BCUT2D eigenvalue weighted by Crippen LogP contribution is 2.18. The molecule has 6 N–H and O–H groups in total. The van der Waals surface area contributed by atoms with Crippen LogP contribution in [0.3, 0.4) is 0 Å². The Kier molecular flexibility index (Phi) is 18.1. The first-order valence-corrected chi connectivity index (χ1v) is 18.6. The van der Waals surface area contributed by atoms with Crippen LogP contribution in [-0.4, -0.2) is 96.4 Å². The van der Waals surface area contributed by atoms with Crippen LogP contribution in [0.5, 0.6) is 0 Å². The molecule has 0 radical (unpaired) electrons. The standard InChI is InChI=1S/C35H60N6O8S/c1-19(2)12-26(28(42)13-22(7)32(44)41-30(21(5)6)34(46)36-15-20(3)4)39-33(45)27(16-37-35(47)49-25-10-11-48-17-25)40-31(43)23(8)14-29-38-24(9)18-50-29/h18-23,25-28,30,42H,10-17H2,1-9H3,(H,36,46)(H,37,47)(H,39,45)(H,40,43)(H,41,44)/t22-,23+,25-,26+,27+,28+,30+/m1/s1. The molecule has 1 aromatic rings. The fourth-order valence-electron chi connectivity index (χ4n) is 5.34. The summed E-state index contributed by atoms with van der Waals surface area (Å²) in [7, 11) is 0. The first kappa shape index (κ1) is 42.9. The van der Waals surface area contributed by atoms with Gasteiger partial charge in [-0.15, -0.1) is 11.3 Å². The van der Waals surface area contributed by atoms with Gasteiger partial charge in [0.25, 0.3) is 0 Å². The summed E-state index contributed by atoms with van der Waals surface area (Å²) in [6, 6.07) is -2.70. The van der Waals surface area contributed by atoms with Gasteiger partial charge in [0.1, 0.15) is 18.2 Å². The van der Waals surface area contributed by atoms with Crippen LogP contribution in [-0.2, 0) is 35.1 Å². The van der Waals surface area contributed by atoms with Gasteiger partial charge in [-0.25, -0.2) is 9.78 Å². The highest BCUT2D eigenvalue weighted by atomic mass is 32.1. The zero-order valence-electron chi connectivity index (χ0n) is 31.2. The number of aliphatic hydroxyl groups excluding tert-OH is 1. The number of thiazole rings is 1. The normalized spacial score (nSPS) is 18.1. The SMILES string of the molecule is Cc1csc(C[C@H](C)C(=O)N[C@@H](CNC(=O)O[C@@H]2CCOC2)C(=O)N[C@@H](CC(C)C)[C@@H](O)C[C@@H](C)C(=O)N[C@H](C(=O)NCC(C)C)C(C)C)n1. The molecule has 0 aliphatic carbocycles. The van der Waals surface area contributed by atoms with E-state index >= 15 is 0 Å². The Morgan fingerprint density at radius 1 is 0.880 bits per heavy atom. The number of hydrogen-bond donors (Lipinski definition) is 6. The van der Waals surface area contributed by atoms with E-state index in [0.717, 1.165) is 10.7 Å². The maximum absolute atomic E-state index is 13.8. The predicted octanol–water partition coefficient (Wildman–Crippen LogP) is 2.46. The lowest BCUT2D eigenvalue weighted by atomic mass is 9.91. The fourth-order valence-corrected chi connectivity index (χ4v) is 6.24. The second kappa shape index (κ2) is 21.2. The highest BCUT2D eigenvalue weighted by molar-refractivity contribution is 7.09. The van der Waals surface area contributed by atoms with Crippen molar-refractivity contribution in [3.05, 3.63) is 16.1 Å². The summed E-state index contributed by atoms with van der Waals surface area (Å²) in [5.41, 5.74) is 0.860. The smallest absolute Gasteiger partial charge is 0.407 e. The Hall–Kier alpha value is -3.30. The number of nitrogens with one attached hydrogen (secondary N) is 5. The molecular weight excluding hydrogens is 664 g/mol. The predicted molar refractivity (Wildman–Crippen MR) is 191 cm³/mol. The van der Waals surface area contributed by atoms with Gasteiger partial charge in [0.15, 0.2) is 0 Å². The van der Waals surface area contributed by atoms with E-state index in [4.69, 9.17) is 9.47 Å². The Labute approximate surface area is 301 Å². The van der Waals surface area contributed by atoms with Gasteiger partial charge in [-0.1, -0.05) is 55.4 Å².